The Morgan fingerprint density at radius 3 is 1.36 bits per heavy atom. The lowest BCUT2D eigenvalue weighted by molar-refractivity contribution is -0.0142. The van der Waals surface area contributed by atoms with Crippen LogP contribution in [0.4, 0.5) is 9.59 Å². The fourth-order valence-electron chi connectivity index (χ4n) is 8.69. The lowest BCUT2D eigenvalue weighted by Gasteiger charge is -2.36. The molecule has 6 rings (SSSR count). The number of carbonyl (C=O) groups is 2. The van der Waals surface area contributed by atoms with Gasteiger partial charge in [-0.25, -0.2) is 9.59 Å². The van der Waals surface area contributed by atoms with Crippen LogP contribution in [0.2, 0.25) is 0 Å². The van der Waals surface area contributed by atoms with Gasteiger partial charge in [-0.05, 0) is 120 Å². The maximum Gasteiger partial charge on any atom is 0.514 e. The summed E-state index contributed by atoms with van der Waals surface area (Å²) in [6.45, 7) is 17.4. The fourth-order valence-corrected chi connectivity index (χ4v) is 8.69. The van der Waals surface area contributed by atoms with Gasteiger partial charge < -0.3 is 18.9 Å². The molecule has 0 saturated heterocycles. The van der Waals surface area contributed by atoms with Gasteiger partial charge in [0.1, 0.15) is 23.7 Å². The summed E-state index contributed by atoms with van der Waals surface area (Å²) in [7, 11) is 0. The van der Waals surface area contributed by atoms with Crippen LogP contribution < -0.4 is 9.47 Å². The predicted octanol–water partition coefficient (Wildman–Crippen LogP) is 12.2. The summed E-state index contributed by atoms with van der Waals surface area (Å²) in [4.78, 5) is 27.0. The van der Waals surface area contributed by atoms with Crippen molar-refractivity contribution in [1.82, 2.24) is 0 Å². The molecule has 0 aliphatic heterocycles. The molecule has 0 amide bonds. The highest BCUT2D eigenvalue weighted by Gasteiger charge is 2.35. The van der Waals surface area contributed by atoms with Crippen LogP contribution in [0.15, 0.2) is 60.7 Å². The molecule has 0 radical (unpaired) electrons. The summed E-state index contributed by atoms with van der Waals surface area (Å²) in [5.41, 5.74) is 3.86. The molecule has 0 heterocycles. The van der Waals surface area contributed by atoms with E-state index in [0.29, 0.717) is 47.0 Å². The minimum Gasteiger partial charge on any atom is -0.430 e. The van der Waals surface area contributed by atoms with Gasteiger partial charge in [0.2, 0.25) is 0 Å². The second kappa shape index (κ2) is 15.0. The molecule has 0 spiro atoms. The Bertz CT molecular complexity index is 1720. The van der Waals surface area contributed by atoms with Gasteiger partial charge >= 0.3 is 12.3 Å². The lowest BCUT2D eigenvalue weighted by atomic mass is 9.75. The van der Waals surface area contributed by atoms with Crippen LogP contribution in [0, 0.1) is 49.4 Å². The first-order chi connectivity index (χ1) is 23.9. The Balaban J connectivity index is 1.38. The second-order valence-electron chi connectivity index (χ2n) is 15.9. The standard InChI is InChI=1S/C44H54O6/c1-25(2)33-21-15-27(5)23-37(33)49-43(45)47-35-13-9-11-31-19-17-29(7)39(41(31)35)40-30(8)18-20-32-12-10-14-36(42(32)40)48-44(46)50-38-24-28(6)16-22-34(38)26(3)4/h9-14,17-20,25-28,33-34,37-38H,15-16,21-24H2,1-8H3/t27-,28-,33+,34+,37-,38-/m0/s1. The topological polar surface area (TPSA) is 71.1 Å². The first-order valence-electron chi connectivity index (χ1n) is 18.7. The van der Waals surface area contributed by atoms with E-state index in [2.05, 4.69) is 79.7 Å². The van der Waals surface area contributed by atoms with E-state index in [1.54, 1.807) is 0 Å². The Hall–Kier alpha value is -4.06. The molecule has 4 aromatic rings. The molecule has 4 aromatic carbocycles. The molecule has 0 bridgehead atoms. The maximum absolute atomic E-state index is 13.5. The largest absolute Gasteiger partial charge is 0.514 e. The van der Waals surface area contributed by atoms with Crippen LogP contribution >= 0.6 is 0 Å². The van der Waals surface area contributed by atoms with Crippen LogP contribution in [0.1, 0.15) is 91.2 Å². The van der Waals surface area contributed by atoms with Gasteiger partial charge in [0.15, 0.2) is 0 Å². The van der Waals surface area contributed by atoms with Gasteiger partial charge in [0.25, 0.3) is 0 Å². The zero-order chi connectivity index (χ0) is 35.7. The van der Waals surface area contributed by atoms with E-state index in [-0.39, 0.29) is 12.2 Å². The Morgan fingerprint density at radius 1 is 0.580 bits per heavy atom. The highest BCUT2D eigenvalue weighted by Crippen LogP contribution is 2.45. The summed E-state index contributed by atoms with van der Waals surface area (Å²) in [6.07, 6.45) is 4.39. The molecule has 0 N–H and O–H groups in total. The van der Waals surface area contributed by atoms with Gasteiger partial charge in [0, 0.05) is 10.8 Å². The molecule has 266 valence electrons. The highest BCUT2D eigenvalue weighted by molar-refractivity contribution is 6.12. The number of rotatable bonds is 7. The molecule has 2 fully saturated rings. The Labute approximate surface area is 297 Å². The minimum atomic E-state index is -0.673. The first kappa shape index (κ1) is 35.8. The molecule has 6 heteroatoms. The normalized spacial score (nSPS) is 24.0. The average molecular weight is 679 g/mol. The summed E-state index contributed by atoms with van der Waals surface area (Å²) >= 11 is 0. The number of carbonyl (C=O) groups excluding carboxylic acids is 2. The van der Waals surface area contributed by atoms with Crippen molar-refractivity contribution in [3.05, 3.63) is 71.8 Å². The van der Waals surface area contributed by atoms with Crippen LogP contribution in [0.25, 0.3) is 32.7 Å². The van der Waals surface area contributed by atoms with Crippen LogP contribution in [-0.4, -0.2) is 24.5 Å². The van der Waals surface area contributed by atoms with E-state index < -0.39 is 12.3 Å². The van der Waals surface area contributed by atoms with E-state index in [1.807, 2.05) is 36.4 Å². The van der Waals surface area contributed by atoms with E-state index in [1.165, 1.54) is 0 Å². The summed E-state index contributed by atoms with van der Waals surface area (Å²) in [6, 6.07) is 19.8. The third-order valence-electron chi connectivity index (χ3n) is 11.5. The Kier molecular flexibility index (Phi) is 10.8. The minimum absolute atomic E-state index is 0.171. The highest BCUT2D eigenvalue weighted by atomic mass is 16.7. The molecule has 6 nitrogen and oxygen atoms in total. The quantitative estimate of drug-likeness (QED) is 0.143. The third-order valence-corrected chi connectivity index (χ3v) is 11.5. The van der Waals surface area contributed by atoms with Crippen molar-refractivity contribution in [2.45, 2.75) is 106 Å². The van der Waals surface area contributed by atoms with Crippen molar-refractivity contribution in [2.75, 3.05) is 0 Å². The first-order valence-corrected chi connectivity index (χ1v) is 18.7. The van der Waals surface area contributed by atoms with E-state index >= 15 is 0 Å². The number of hydrogen-bond acceptors (Lipinski definition) is 6. The van der Waals surface area contributed by atoms with Crippen molar-refractivity contribution in [3.8, 4) is 22.6 Å². The monoisotopic (exact) mass is 678 g/mol. The SMILES string of the molecule is Cc1ccc2cccc(OC(=O)O[C@H]3C[C@@H](C)CC[C@@H]3C(C)C)c2c1-c1c(C)ccc2cccc(OC(=O)O[C@H]3C[C@@H](C)CC[C@@H]3C(C)C)c12. The fraction of sp³-hybridized carbons (Fsp3) is 0.500. The molecule has 0 aromatic heterocycles. The number of ether oxygens (including phenoxy) is 4. The molecular formula is C44H54O6. The molecule has 50 heavy (non-hydrogen) atoms. The van der Waals surface area contributed by atoms with Gasteiger partial charge in [-0.3, -0.25) is 0 Å². The number of hydrogen-bond donors (Lipinski definition) is 0. The molecule has 2 saturated carbocycles. The van der Waals surface area contributed by atoms with Crippen molar-refractivity contribution in [1.29, 1.82) is 0 Å². The van der Waals surface area contributed by atoms with Crippen molar-refractivity contribution in [2.24, 2.45) is 35.5 Å². The van der Waals surface area contributed by atoms with Crippen molar-refractivity contribution >= 4 is 33.9 Å². The van der Waals surface area contributed by atoms with Crippen LogP contribution in [0.5, 0.6) is 11.5 Å². The zero-order valence-corrected chi connectivity index (χ0v) is 31.1. The van der Waals surface area contributed by atoms with Crippen molar-refractivity contribution in [3.63, 3.8) is 0 Å². The van der Waals surface area contributed by atoms with Gasteiger partial charge in [-0.1, -0.05) is 103 Å². The lowest BCUT2D eigenvalue weighted by Crippen LogP contribution is -2.36. The molecule has 6 atom stereocenters. The van der Waals surface area contributed by atoms with Gasteiger partial charge in [0.05, 0.1) is 0 Å². The molecule has 0 unspecified atom stereocenters. The summed E-state index contributed by atoms with van der Waals surface area (Å²) in [5, 5.41) is 3.49. The van der Waals surface area contributed by atoms with Crippen LogP contribution in [-0.2, 0) is 9.47 Å². The van der Waals surface area contributed by atoms with E-state index in [0.717, 1.165) is 82.3 Å². The maximum atomic E-state index is 13.5. The molecule has 2 aliphatic rings. The molecule has 2 aliphatic carbocycles. The smallest absolute Gasteiger partial charge is 0.430 e. The number of benzene rings is 4. The van der Waals surface area contributed by atoms with E-state index in [4.69, 9.17) is 18.9 Å². The van der Waals surface area contributed by atoms with Gasteiger partial charge in [-0.2, -0.15) is 0 Å². The zero-order valence-electron chi connectivity index (χ0n) is 31.1. The summed E-state index contributed by atoms with van der Waals surface area (Å²) < 4.78 is 24.4. The van der Waals surface area contributed by atoms with Gasteiger partial charge in [-0.15, -0.1) is 0 Å². The van der Waals surface area contributed by atoms with Crippen LogP contribution in [0.3, 0.4) is 0 Å². The Morgan fingerprint density at radius 2 is 0.980 bits per heavy atom. The average Bonchev–Trinajstić information content (AvgIpc) is 3.05. The van der Waals surface area contributed by atoms with E-state index in [9.17, 15) is 9.59 Å². The second-order valence-corrected chi connectivity index (χ2v) is 15.9. The molecular weight excluding hydrogens is 624 g/mol. The number of fused-ring (bicyclic) bond motifs is 2. The summed E-state index contributed by atoms with van der Waals surface area (Å²) in [5.74, 6) is 3.33. The van der Waals surface area contributed by atoms with Crippen molar-refractivity contribution < 1.29 is 28.5 Å². The predicted molar refractivity (Wildman–Crippen MR) is 201 cm³/mol. The third kappa shape index (κ3) is 7.50. The number of aryl methyl sites for hydroxylation is 2.